The molecule has 1 aromatic rings. The summed E-state index contributed by atoms with van der Waals surface area (Å²) in [6.07, 6.45) is 1.33. The molecule has 76 valence electrons. The van der Waals surface area contributed by atoms with Crippen LogP contribution in [-0.2, 0) is 6.54 Å². The Labute approximate surface area is 92.9 Å². The molecule has 2 aliphatic heterocycles. The summed E-state index contributed by atoms with van der Waals surface area (Å²) in [5.74, 6) is 0. The summed E-state index contributed by atoms with van der Waals surface area (Å²) in [5, 5.41) is 3.51. The zero-order valence-electron chi connectivity index (χ0n) is 7.87. The molecular formula is C10H13ClN2S. The second-order valence-electron chi connectivity index (χ2n) is 4.13. The summed E-state index contributed by atoms with van der Waals surface area (Å²) in [5.41, 5.74) is 0. The van der Waals surface area contributed by atoms with Gasteiger partial charge in [0.2, 0.25) is 0 Å². The largest absolute Gasteiger partial charge is 0.311 e. The molecule has 2 aliphatic rings. The van der Waals surface area contributed by atoms with E-state index in [9.17, 15) is 0 Å². The maximum absolute atomic E-state index is 5.91. The lowest BCUT2D eigenvalue weighted by Gasteiger charge is -2.26. The molecule has 0 amide bonds. The normalized spacial score (nSPS) is 31.5. The van der Waals surface area contributed by atoms with Gasteiger partial charge >= 0.3 is 0 Å². The van der Waals surface area contributed by atoms with Crippen LogP contribution in [0.15, 0.2) is 12.1 Å². The Hall–Kier alpha value is -0.0900. The van der Waals surface area contributed by atoms with Crippen molar-refractivity contribution in [2.24, 2.45) is 0 Å². The highest BCUT2D eigenvalue weighted by Gasteiger charge is 2.37. The van der Waals surface area contributed by atoms with Crippen LogP contribution in [0.1, 0.15) is 11.3 Å². The second kappa shape index (κ2) is 3.49. The number of thiophene rings is 1. The number of fused-ring (bicyclic) bond motifs is 2. The number of likely N-dealkylation sites (tertiary alicyclic amines) is 1. The summed E-state index contributed by atoms with van der Waals surface area (Å²) in [6.45, 7) is 3.46. The lowest BCUT2D eigenvalue weighted by molar-refractivity contribution is 0.219. The molecule has 0 unspecified atom stereocenters. The molecule has 0 aromatic carbocycles. The van der Waals surface area contributed by atoms with Crippen molar-refractivity contribution in [2.75, 3.05) is 13.1 Å². The molecule has 1 N–H and O–H groups in total. The monoisotopic (exact) mass is 228 g/mol. The number of hydrogen-bond acceptors (Lipinski definition) is 3. The number of piperazine rings is 1. The third-order valence-electron chi connectivity index (χ3n) is 3.16. The van der Waals surface area contributed by atoms with Gasteiger partial charge in [0, 0.05) is 36.6 Å². The van der Waals surface area contributed by atoms with Crippen molar-refractivity contribution in [1.82, 2.24) is 10.2 Å². The number of nitrogens with zero attached hydrogens (tertiary/aromatic N) is 1. The summed E-state index contributed by atoms with van der Waals surface area (Å²) in [4.78, 5) is 3.96. The van der Waals surface area contributed by atoms with Crippen LogP contribution < -0.4 is 5.32 Å². The lowest BCUT2D eigenvalue weighted by Crippen LogP contribution is -2.42. The molecule has 0 spiro atoms. The Morgan fingerprint density at radius 3 is 3.07 bits per heavy atom. The van der Waals surface area contributed by atoms with Gasteiger partial charge in [0.25, 0.3) is 0 Å². The number of hydrogen-bond donors (Lipinski definition) is 1. The Balaban J connectivity index is 1.68. The van der Waals surface area contributed by atoms with Gasteiger partial charge in [-0.1, -0.05) is 11.6 Å². The van der Waals surface area contributed by atoms with E-state index in [4.69, 9.17) is 11.6 Å². The van der Waals surface area contributed by atoms with Crippen LogP contribution in [0.2, 0.25) is 4.34 Å². The molecule has 0 radical (unpaired) electrons. The van der Waals surface area contributed by atoms with Crippen LogP contribution in [0.3, 0.4) is 0 Å². The fraction of sp³-hybridized carbons (Fsp3) is 0.600. The van der Waals surface area contributed by atoms with E-state index in [0.29, 0.717) is 0 Å². The Bertz CT molecular complexity index is 339. The van der Waals surface area contributed by atoms with Crippen LogP contribution in [0, 0.1) is 0 Å². The predicted molar refractivity (Wildman–Crippen MR) is 59.9 cm³/mol. The highest BCUT2D eigenvalue weighted by molar-refractivity contribution is 7.16. The van der Waals surface area contributed by atoms with Gasteiger partial charge in [-0.25, -0.2) is 0 Å². The third-order valence-corrected chi connectivity index (χ3v) is 4.37. The molecule has 2 saturated heterocycles. The van der Waals surface area contributed by atoms with Gasteiger partial charge in [-0.3, -0.25) is 4.90 Å². The first-order valence-electron chi connectivity index (χ1n) is 5.03. The molecule has 2 atom stereocenters. The van der Waals surface area contributed by atoms with Crippen molar-refractivity contribution in [2.45, 2.75) is 25.0 Å². The van der Waals surface area contributed by atoms with Gasteiger partial charge < -0.3 is 5.32 Å². The fourth-order valence-corrected chi connectivity index (χ4v) is 3.59. The number of halogens is 1. The van der Waals surface area contributed by atoms with Crippen molar-refractivity contribution >= 4 is 22.9 Å². The van der Waals surface area contributed by atoms with E-state index in [1.165, 1.54) is 24.4 Å². The topological polar surface area (TPSA) is 15.3 Å². The molecule has 2 bridgehead atoms. The van der Waals surface area contributed by atoms with E-state index in [1.54, 1.807) is 11.3 Å². The van der Waals surface area contributed by atoms with E-state index in [2.05, 4.69) is 16.3 Å². The number of nitrogens with one attached hydrogen (secondary N) is 1. The molecule has 4 heteroatoms. The quantitative estimate of drug-likeness (QED) is 0.833. The lowest BCUT2D eigenvalue weighted by atomic mass is 10.2. The molecule has 3 rings (SSSR count). The molecular weight excluding hydrogens is 216 g/mol. The van der Waals surface area contributed by atoms with Gasteiger partial charge in [0.1, 0.15) is 0 Å². The van der Waals surface area contributed by atoms with Crippen LogP contribution in [0.4, 0.5) is 0 Å². The molecule has 0 saturated carbocycles. The van der Waals surface area contributed by atoms with Gasteiger partial charge in [-0.2, -0.15) is 0 Å². The van der Waals surface area contributed by atoms with Crippen molar-refractivity contribution in [3.63, 3.8) is 0 Å². The average molecular weight is 229 g/mol. The minimum Gasteiger partial charge on any atom is -0.311 e. The summed E-state index contributed by atoms with van der Waals surface area (Å²) in [6, 6.07) is 5.65. The molecule has 3 heterocycles. The predicted octanol–water partition coefficient (Wildman–Crippen LogP) is 1.95. The van der Waals surface area contributed by atoms with E-state index in [1.807, 2.05) is 6.07 Å². The number of rotatable bonds is 2. The van der Waals surface area contributed by atoms with Gasteiger partial charge in [0.05, 0.1) is 4.34 Å². The fourth-order valence-electron chi connectivity index (χ4n) is 2.48. The first kappa shape index (κ1) is 9.16. The van der Waals surface area contributed by atoms with Gasteiger partial charge in [0.15, 0.2) is 0 Å². The molecule has 0 aliphatic carbocycles. The van der Waals surface area contributed by atoms with E-state index < -0.39 is 0 Å². The van der Waals surface area contributed by atoms with Gasteiger partial charge in [-0.15, -0.1) is 11.3 Å². The third kappa shape index (κ3) is 1.58. The maximum Gasteiger partial charge on any atom is 0.0931 e. The van der Waals surface area contributed by atoms with E-state index in [0.717, 1.165) is 23.0 Å². The SMILES string of the molecule is Clc1ccc(CN2C[C@@H]3C[C@H]2CN3)s1. The standard InChI is InChI=1S/C10H13ClN2S/c11-10-2-1-9(14-10)6-13-5-7-3-8(13)4-12-7/h1-2,7-8,12H,3-6H2/t7-,8-/m0/s1. The highest BCUT2D eigenvalue weighted by Crippen LogP contribution is 2.28. The van der Waals surface area contributed by atoms with Crippen LogP contribution in [0.25, 0.3) is 0 Å². The molecule has 2 nitrogen and oxygen atoms in total. The van der Waals surface area contributed by atoms with Crippen LogP contribution in [-0.4, -0.2) is 30.1 Å². The first-order chi connectivity index (χ1) is 6.81. The average Bonchev–Trinajstić information content (AvgIpc) is 2.82. The summed E-state index contributed by atoms with van der Waals surface area (Å²) >= 11 is 7.62. The van der Waals surface area contributed by atoms with Crippen LogP contribution >= 0.6 is 22.9 Å². The molecule has 14 heavy (non-hydrogen) atoms. The maximum atomic E-state index is 5.91. The van der Waals surface area contributed by atoms with Crippen molar-refractivity contribution < 1.29 is 0 Å². The minimum atomic E-state index is 0.746. The highest BCUT2D eigenvalue weighted by atomic mass is 35.5. The zero-order chi connectivity index (χ0) is 9.54. The van der Waals surface area contributed by atoms with Crippen molar-refractivity contribution in [1.29, 1.82) is 0 Å². The Morgan fingerprint density at radius 2 is 2.50 bits per heavy atom. The second-order valence-corrected chi connectivity index (χ2v) is 5.93. The van der Waals surface area contributed by atoms with E-state index >= 15 is 0 Å². The first-order valence-corrected chi connectivity index (χ1v) is 6.22. The molecule has 1 aromatic heterocycles. The van der Waals surface area contributed by atoms with Crippen LogP contribution in [0.5, 0.6) is 0 Å². The Morgan fingerprint density at radius 1 is 1.57 bits per heavy atom. The minimum absolute atomic E-state index is 0.746. The van der Waals surface area contributed by atoms with Crippen molar-refractivity contribution in [3.05, 3.63) is 21.3 Å². The van der Waals surface area contributed by atoms with E-state index in [-0.39, 0.29) is 0 Å². The van der Waals surface area contributed by atoms with Crippen molar-refractivity contribution in [3.8, 4) is 0 Å². The zero-order valence-corrected chi connectivity index (χ0v) is 9.44. The summed E-state index contributed by atoms with van der Waals surface area (Å²) < 4.78 is 0.905. The smallest absolute Gasteiger partial charge is 0.0931 e. The Kier molecular flexibility index (Phi) is 2.28. The summed E-state index contributed by atoms with van der Waals surface area (Å²) in [7, 11) is 0. The van der Waals surface area contributed by atoms with Gasteiger partial charge in [-0.05, 0) is 18.6 Å². The molecule has 2 fully saturated rings.